The first kappa shape index (κ1) is 101. The zero-order valence-electron chi connectivity index (χ0n) is 66.9. The van der Waals surface area contributed by atoms with Crippen molar-refractivity contribution in [3.63, 3.8) is 0 Å². The minimum Gasteiger partial charge on any atom is -0.480 e. The Bertz CT molecular complexity index is 3710. The third-order valence-corrected chi connectivity index (χ3v) is 35.4. The Morgan fingerprint density at radius 2 is 0.843 bits per heavy atom. The molecule has 0 fully saturated rings. The summed E-state index contributed by atoms with van der Waals surface area (Å²) < 4.78 is 185. The number of hydrogen-bond donors (Lipinski definition) is 7. The molecule has 0 radical (unpaired) electrons. The molecule has 10 N–H and O–H groups in total. The lowest BCUT2D eigenvalue weighted by molar-refractivity contribution is -0.146. The van der Waals surface area contributed by atoms with E-state index in [1.165, 1.54) is 32.0 Å². The number of nitrogens with two attached hydrogens (primary N) is 3. The van der Waals surface area contributed by atoms with Crippen LogP contribution >= 0.6 is 0 Å². The Balaban J connectivity index is 0.00000127. The van der Waals surface area contributed by atoms with Crippen molar-refractivity contribution >= 4 is 103 Å². The zero-order chi connectivity index (χ0) is 84.9. The Kier molecular flexibility index (Phi) is 38.4. The quantitative estimate of drug-likeness (QED) is 0.0211. The number of aryl methyl sites for hydroxylation is 4. The van der Waals surface area contributed by atoms with E-state index in [0.717, 1.165) is 18.2 Å². The number of aliphatic carboxylic acids is 1. The molecule has 4 aromatic rings. The Labute approximate surface area is 632 Å². The van der Waals surface area contributed by atoms with Crippen LogP contribution < -0.4 is 22.5 Å². The van der Waals surface area contributed by atoms with E-state index in [9.17, 15) is 71.9 Å². The third kappa shape index (κ3) is 33.9. The highest BCUT2D eigenvalue weighted by Crippen LogP contribution is 2.45. The van der Waals surface area contributed by atoms with Crippen LogP contribution in [-0.4, -0.2) is 137 Å². The molecule has 0 bridgehead atoms. The van der Waals surface area contributed by atoms with E-state index in [1.54, 1.807) is 39.8 Å². The van der Waals surface area contributed by atoms with Crippen molar-refractivity contribution in [2.75, 3.05) is 75.4 Å². The fraction of sp³-hybridized carbons (Fsp3) is 0.589. The third-order valence-electron chi connectivity index (χ3n) is 18.3. The van der Waals surface area contributed by atoms with Crippen LogP contribution in [0.25, 0.3) is 0 Å². The Morgan fingerprint density at radius 1 is 0.491 bits per heavy atom. The van der Waals surface area contributed by atoms with Gasteiger partial charge in [-0.15, -0.1) is 0 Å². The van der Waals surface area contributed by atoms with E-state index in [-0.39, 0.29) is 82.9 Å². The molecule has 2 aliphatic heterocycles. The molecule has 2 heterocycles. The van der Waals surface area contributed by atoms with Gasteiger partial charge in [-0.05, 0) is 196 Å². The van der Waals surface area contributed by atoms with Crippen LogP contribution in [0.2, 0.25) is 73.0 Å². The highest BCUT2D eigenvalue weighted by Gasteiger charge is 2.43. The number of nitrogens with zero attached hydrogens (tertiary/aromatic N) is 2. The van der Waals surface area contributed by atoms with Crippen molar-refractivity contribution in [3.8, 4) is 0 Å². The number of aliphatic imine (C=N–C) groups is 2. The van der Waals surface area contributed by atoms with Gasteiger partial charge in [0.2, 0.25) is 5.91 Å². The number of carbonyl (C=O) groups is 4. The number of alkyl halides is 12. The van der Waals surface area contributed by atoms with Crippen molar-refractivity contribution < 1.29 is 114 Å². The Hall–Kier alpha value is -6.71. The second-order valence-electron chi connectivity index (χ2n) is 31.0. The van der Waals surface area contributed by atoms with Gasteiger partial charge in [0.1, 0.15) is 26.4 Å². The molecule has 2 aliphatic rings. The largest absolute Gasteiger partial charge is 0.480 e. The molecular formula is C73H114F12N6O13Si4. The molecule has 614 valence electrons. The number of aliphatic hydroxyl groups is 2. The van der Waals surface area contributed by atoms with Crippen molar-refractivity contribution in [1.29, 1.82) is 0 Å². The molecule has 6 rings (SSSR count). The lowest BCUT2D eigenvalue weighted by Crippen LogP contribution is -2.42. The molecule has 0 saturated carbocycles. The molecule has 19 nitrogen and oxygen atoms in total. The number of carboxylic acid groups (broad SMARTS) is 1. The fourth-order valence-electron chi connectivity index (χ4n) is 8.28. The Morgan fingerprint density at radius 3 is 1.20 bits per heavy atom. The van der Waals surface area contributed by atoms with E-state index in [2.05, 4.69) is 109 Å². The zero-order valence-corrected chi connectivity index (χ0v) is 70.9. The van der Waals surface area contributed by atoms with E-state index in [1.807, 2.05) is 40.0 Å². The predicted molar refractivity (Wildman–Crippen MR) is 411 cm³/mol. The number of nitrogen functional groups attached to an aromatic ring is 3. The standard InChI is InChI=1S/C17H24F3NOSi.C15H23F3N2O2Si.C11H10F3NO.C10H22O3Si.C8H9F3N2.C8H18O3Si.C4H8O3/c1-11-7-14(17(18,19)20)13-9-12(21-15(13)8-11)10-22-23(5,6)16(2,3)4;1-9(2)23(4,5)22-8-13(21)20-12-7-10(3)6-11(14(12)19)15(16,17)18;1-6-2-9(11(12,13)14)8-4-7(5-16)15-10(8)3-6;1-7-12-9(11)8-13-14(5,6)10(2,3)4;1-4-2-5(8(9,10)11)7(13)6(12)3-4;1-8(2,3)12(4,5)11-6-7(9)10;1-2-7-4(6)3-5/h7-8H,9-10H2,1-6H3;6-7,9H,8,19H2,1-5H3,(H,20,21);2-3,16H,4-5H2,1H3;7-8H2,1-6H3;2-3H,12-13H2,1H3;6H2,1-5H3,(H,9,10);5H,2-3H2,1H3. The topological polar surface area (TPSA) is 299 Å². The van der Waals surface area contributed by atoms with Gasteiger partial charge in [0.25, 0.3) is 0 Å². The first-order valence-corrected chi connectivity index (χ1v) is 46.1. The lowest BCUT2D eigenvalue weighted by atomic mass is 10.00. The number of anilines is 4. The number of ether oxygens (including phenoxy) is 2. The van der Waals surface area contributed by atoms with Gasteiger partial charge in [-0.1, -0.05) is 76.2 Å². The van der Waals surface area contributed by atoms with Crippen LogP contribution in [0.15, 0.2) is 58.5 Å². The van der Waals surface area contributed by atoms with Gasteiger partial charge in [-0.25, -0.2) is 14.4 Å². The molecule has 4 aromatic carbocycles. The summed E-state index contributed by atoms with van der Waals surface area (Å²) in [5.41, 5.74) is 16.5. The first-order valence-electron chi connectivity index (χ1n) is 34.4. The highest BCUT2D eigenvalue weighted by molar-refractivity contribution is 6.75. The number of hydrogen-bond acceptors (Lipinski definition) is 17. The molecule has 0 atom stereocenters. The average molecular weight is 1620 g/mol. The molecule has 0 aliphatic carbocycles. The van der Waals surface area contributed by atoms with Crippen LogP contribution in [0.5, 0.6) is 0 Å². The summed E-state index contributed by atoms with van der Waals surface area (Å²) >= 11 is 0. The average Bonchev–Trinajstić information content (AvgIpc) is 1.57. The number of esters is 2. The minimum absolute atomic E-state index is 0.0349. The number of fused-ring (bicyclic) bond motifs is 2. The molecule has 0 aromatic heterocycles. The molecule has 1 amide bonds. The number of amides is 1. The summed E-state index contributed by atoms with van der Waals surface area (Å²) in [6.45, 7) is 49.4. The molecular weight excluding hydrogens is 1510 g/mol. The maximum Gasteiger partial charge on any atom is 0.418 e. The van der Waals surface area contributed by atoms with Crippen molar-refractivity contribution in [1.82, 2.24) is 0 Å². The van der Waals surface area contributed by atoms with Gasteiger partial charge in [-0.3, -0.25) is 14.8 Å². The summed E-state index contributed by atoms with van der Waals surface area (Å²) in [5, 5.41) is 28.0. The van der Waals surface area contributed by atoms with Crippen molar-refractivity contribution in [2.45, 2.75) is 228 Å². The maximum absolute atomic E-state index is 13.2. The molecule has 35 heteroatoms. The number of aliphatic hydroxyl groups excluding tert-OH is 2. The van der Waals surface area contributed by atoms with Gasteiger partial charge in [0.15, 0.2) is 33.3 Å². The van der Waals surface area contributed by atoms with Crippen molar-refractivity contribution in [2.24, 2.45) is 9.98 Å². The molecule has 0 unspecified atom stereocenters. The number of benzene rings is 4. The highest BCUT2D eigenvalue weighted by atomic mass is 28.4. The van der Waals surface area contributed by atoms with Crippen LogP contribution in [0.3, 0.4) is 0 Å². The molecule has 0 spiro atoms. The maximum atomic E-state index is 13.2. The first-order chi connectivity index (χ1) is 48.6. The summed E-state index contributed by atoms with van der Waals surface area (Å²) in [7, 11) is -7.58. The second-order valence-corrected chi connectivity index (χ2v) is 50.1. The number of halogens is 12. The van der Waals surface area contributed by atoms with Gasteiger partial charge >= 0.3 is 42.6 Å². The van der Waals surface area contributed by atoms with Crippen LogP contribution in [0.1, 0.15) is 146 Å². The smallest absolute Gasteiger partial charge is 0.418 e. The van der Waals surface area contributed by atoms with Gasteiger partial charge in [0.05, 0.1) is 82.8 Å². The predicted octanol–water partition coefficient (Wildman–Crippen LogP) is 18.8. The monoisotopic (exact) mass is 1620 g/mol. The SMILES string of the molecule is CC(C)(C)[Si](C)(C)OCC(=O)O.CCOC(=O)CO.CCOC(=O)CO[Si](C)(C)C(C)(C)C.Cc1cc(N)c(N)c(C(F)(F)F)c1.Cc1cc(NC(=O)CO[Si](C)(C)C(C)C)c(N)c(C(F)(F)F)c1.Cc1cc2c(c(C(F)(F)F)c1)CC(CO)=N2.Cc1cc2c(c(C(F)(F)F)c1)CC(CO[Si](C)(C)C(C)(C)C)=N2. The summed E-state index contributed by atoms with van der Waals surface area (Å²) in [6.07, 6.45) is -17.4. The number of carbonyl (C=O) groups excluding carboxylic acids is 3. The molecule has 108 heavy (non-hydrogen) atoms. The van der Waals surface area contributed by atoms with Gasteiger partial charge in [0, 0.05) is 24.3 Å². The summed E-state index contributed by atoms with van der Waals surface area (Å²) in [6, 6.07) is 10.4. The van der Waals surface area contributed by atoms with E-state index in [0.29, 0.717) is 70.4 Å². The summed E-state index contributed by atoms with van der Waals surface area (Å²) in [4.78, 5) is 51.6. The number of carboxylic acids is 1. The van der Waals surface area contributed by atoms with Gasteiger partial charge < -0.3 is 65.0 Å². The van der Waals surface area contributed by atoms with Crippen LogP contribution in [0.4, 0.5) is 86.8 Å². The van der Waals surface area contributed by atoms with Crippen molar-refractivity contribution in [3.05, 3.63) is 104 Å². The van der Waals surface area contributed by atoms with E-state index < -0.39 is 116 Å². The minimum atomic E-state index is -4.57. The van der Waals surface area contributed by atoms with Crippen LogP contribution in [-0.2, 0) is 83.9 Å². The second kappa shape index (κ2) is 41.0. The molecule has 0 saturated heterocycles. The summed E-state index contributed by atoms with van der Waals surface area (Å²) in [5.74, 6) is -2.24. The lowest BCUT2D eigenvalue weighted by Gasteiger charge is -2.36. The number of nitrogens with one attached hydrogen (secondary N) is 1. The normalized spacial score (nSPS) is 13.3. The van der Waals surface area contributed by atoms with E-state index >= 15 is 0 Å². The van der Waals surface area contributed by atoms with Crippen LogP contribution in [0, 0.1) is 27.7 Å². The number of rotatable bonds is 18. The van der Waals surface area contributed by atoms with E-state index in [4.69, 9.17) is 55.0 Å². The van der Waals surface area contributed by atoms with Gasteiger partial charge in [-0.2, -0.15) is 52.7 Å². The fourth-order valence-corrected chi connectivity index (χ4v) is 11.9.